The average molecular weight is 288 g/mol. The summed E-state index contributed by atoms with van der Waals surface area (Å²) in [6.07, 6.45) is 7.14. The first-order valence-corrected chi connectivity index (χ1v) is 7.35. The van der Waals surface area contributed by atoms with Crippen molar-refractivity contribution in [3.05, 3.63) is 30.2 Å². The van der Waals surface area contributed by atoms with Crippen LogP contribution in [0.5, 0.6) is 0 Å². The SMILES string of the molecule is CC(C)=CC1C(C(=O)NCCNc2cnccn2)C1(C)C. The van der Waals surface area contributed by atoms with Crippen molar-refractivity contribution >= 4 is 11.7 Å². The van der Waals surface area contributed by atoms with E-state index in [1.54, 1.807) is 18.6 Å². The molecular weight excluding hydrogens is 264 g/mol. The Morgan fingerprint density at radius 1 is 1.33 bits per heavy atom. The molecule has 1 fully saturated rings. The number of nitrogens with zero attached hydrogens (tertiary/aromatic N) is 2. The summed E-state index contributed by atoms with van der Waals surface area (Å²) in [4.78, 5) is 20.3. The van der Waals surface area contributed by atoms with E-state index in [2.05, 4.69) is 54.4 Å². The highest BCUT2D eigenvalue weighted by atomic mass is 16.2. The predicted molar refractivity (Wildman–Crippen MR) is 83.7 cm³/mol. The van der Waals surface area contributed by atoms with Crippen molar-refractivity contribution in [3.8, 4) is 0 Å². The Kier molecular flexibility index (Phi) is 4.60. The lowest BCUT2D eigenvalue weighted by Crippen LogP contribution is -2.31. The molecule has 21 heavy (non-hydrogen) atoms. The third kappa shape index (κ3) is 3.80. The molecular formula is C16H24N4O. The lowest BCUT2D eigenvalue weighted by Gasteiger charge is -2.07. The van der Waals surface area contributed by atoms with Gasteiger partial charge in [-0.3, -0.25) is 9.78 Å². The van der Waals surface area contributed by atoms with Crippen molar-refractivity contribution in [2.24, 2.45) is 17.3 Å². The summed E-state index contributed by atoms with van der Waals surface area (Å²) >= 11 is 0. The first-order chi connectivity index (χ1) is 9.93. The largest absolute Gasteiger partial charge is 0.367 e. The Balaban J connectivity index is 1.74. The number of carbonyl (C=O) groups excluding carboxylic acids is 1. The van der Waals surface area contributed by atoms with Crippen LogP contribution in [0.3, 0.4) is 0 Å². The second-order valence-corrected chi connectivity index (χ2v) is 6.38. The van der Waals surface area contributed by atoms with Crippen LogP contribution in [0.15, 0.2) is 30.2 Å². The van der Waals surface area contributed by atoms with E-state index < -0.39 is 0 Å². The Hall–Kier alpha value is -1.91. The van der Waals surface area contributed by atoms with E-state index in [1.807, 2.05) is 0 Å². The van der Waals surface area contributed by atoms with Crippen molar-refractivity contribution in [1.29, 1.82) is 0 Å². The van der Waals surface area contributed by atoms with Gasteiger partial charge >= 0.3 is 0 Å². The van der Waals surface area contributed by atoms with Gasteiger partial charge in [-0.1, -0.05) is 25.5 Å². The minimum atomic E-state index is 0.0691. The summed E-state index contributed by atoms with van der Waals surface area (Å²) in [6, 6.07) is 0. The van der Waals surface area contributed by atoms with Gasteiger partial charge in [0, 0.05) is 25.5 Å². The third-order valence-electron chi connectivity index (χ3n) is 4.00. The molecule has 0 spiro atoms. The minimum Gasteiger partial charge on any atom is -0.367 e. The molecule has 114 valence electrons. The summed E-state index contributed by atoms with van der Waals surface area (Å²) in [5.74, 6) is 1.31. The number of anilines is 1. The van der Waals surface area contributed by atoms with E-state index in [-0.39, 0.29) is 17.2 Å². The summed E-state index contributed by atoms with van der Waals surface area (Å²) in [5.41, 5.74) is 1.34. The zero-order valence-corrected chi connectivity index (χ0v) is 13.2. The summed E-state index contributed by atoms with van der Waals surface area (Å²) in [7, 11) is 0. The number of hydrogen-bond donors (Lipinski definition) is 2. The Morgan fingerprint density at radius 3 is 2.71 bits per heavy atom. The van der Waals surface area contributed by atoms with Crippen molar-refractivity contribution in [2.75, 3.05) is 18.4 Å². The topological polar surface area (TPSA) is 66.9 Å². The number of allylic oxidation sites excluding steroid dienone is 2. The average Bonchev–Trinajstić information content (AvgIpc) is 2.96. The van der Waals surface area contributed by atoms with Crippen LogP contribution in [-0.2, 0) is 4.79 Å². The first-order valence-electron chi connectivity index (χ1n) is 7.35. The van der Waals surface area contributed by atoms with Crippen LogP contribution < -0.4 is 10.6 Å². The number of amides is 1. The van der Waals surface area contributed by atoms with Gasteiger partial charge in [0.05, 0.1) is 12.1 Å². The molecule has 1 aromatic heterocycles. The first kappa shape index (κ1) is 15.5. The van der Waals surface area contributed by atoms with Crippen molar-refractivity contribution in [2.45, 2.75) is 27.7 Å². The molecule has 2 N–H and O–H groups in total. The van der Waals surface area contributed by atoms with E-state index in [0.717, 1.165) is 5.82 Å². The fraction of sp³-hybridized carbons (Fsp3) is 0.562. The van der Waals surface area contributed by atoms with E-state index in [1.165, 1.54) is 5.57 Å². The monoisotopic (exact) mass is 288 g/mol. The normalized spacial score (nSPS) is 22.3. The van der Waals surface area contributed by atoms with Crippen LogP contribution in [-0.4, -0.2) is 29.0 Å². The van der Waals surface area contributed by atoms with Crippen molar-refractivity contribution in [1.82, 2.24) is 15.3 Å². The number of rotatable bonds is 6. The van der Waals surface area contributed by atoms with Crippen LogP contribution in [0.1, 0.15) is 27.7 Å². The fourth-order valence-corrected chi connectivity index (χ4v) is 2.73. The number of carbonyl (C=O) groups is 1. The maximum atomic E-state index is 12.2. The lowest BCUT2D eigenvalue weighted by atomic mass is 10.1. The number of hydrogen-bond acceptors (Lipinski definition) is 4. The molecule has 1 amide bonds. The molecule has 1 aliphatic rings. The van der Waals surface area contributed by atoms with Gasteiger partial charge in [0.15, 0.2) is 0 Å². The van der Waals surface area contributed by atoms with Gasteiger partial charge in [-0.15, -0.1) is 0 Å². The number of aromatic nitrogens is 2. The molecule has 5 nitrogen and oxygen atoms in total. The van der Waals surface area contributed by atoms with E-state index >= 15 is 0 Å². The molecule has 2 unspecified atom stereocenters. The Morgan fingerprint density at radius 2 is 2.10 bits per heavy atom. The van der Waals surface area contributed by atoms with Gasteiger partial charge in [-0.2, -0.15) is 0 Å². The fourth-order valence-electron chi connectivity index (χ4n) is 2.73. The van der Waals surface area contributed by atoms with Crippen LogP contribution in [0.4, 0.5) is 5.82 Å². The molecule has 2 rings (SSSR count). The van der Waals surface area contributed by atoms with Crippen molar-refractivity contribution < 1.29 is 4.79 Å². The zero-order chi connectivity index (χ0) is 15.5. The van der Waals surface area contributed by atoms with Gasteiger partial charge in [-0.05, 0) is 25.2 Å². The molecule has 1 aliphatic carbocycles. The quantitative estimate of drug-likeness (QED) is 0.622. The van der Waals surface area contributed by atoms with Gasteiger partial charge in [-0.25, -0.2) is 4.98 Å². The van der Waals surface area contributed by atoms with Gasteiger partial charge in [0.1, 0.15) is 5.82 Å². The van der Waals surface area contributed by atoms with Gasteiger partial charge in [0.2, 0.25) is 5.91 Å². The van der Waals surface area contributed by atoms with Crippen LogP contribution >= 0.6 is 0 Å². The summed E-state index contributed by atoms with van der Waals surface area (Å²) in [6.45, 7) is 9.69. The van der Waals surface area contributed by atoms with E-state index in [4.69, 9.17) is 0 Å². The molecule has 0 bridgehead atoms. The molecule has 1 aromatic rings. The minimum absolute atomic E-state index is 0.0691. The zero-order valence-electron chi connectivity index (χ0n) is 13.2. The van der Waals surface area contributed by atoms with E-state index in [0.29, 0.717) is 19.0 Å². The molecule has 2 atom stereocenters. The number of nitrogens with one attached hydrogen (secondary N) is 2. The molecule has 0 aromatic carbocycles. The van der Waals surface area contributed by atoms with E-state index in [9.17, 15) is 4.79 Å². The maximum Gasteiger partial charge on any atom is 0.224 e. The molecule has 0 aliphatic heterocycles. The molecule has 0 saturated heterocycles. The van der Waals surface area contributed by atoms with Crippen LogP contribution in [0.2, 0.25) is 0 Å². The molecule has 5 heteroatoms. The highest BCUT2D eigenvalue weighted by Gasteiger charge is 2.60. The summed E-state index contributed by atoms with van der Waals surface area (Å²) < 4.78 is 0. The Labute approximate surface area is 126 Å². The predicted octanol–water partition coefficient (Wildman–Crippen LogP) is 2.24. The molecule has 1 saturated carbocycles. The van der Waals surface area contributed by atoms with Gasteiger partial charge < -0.3 is 10.6 Å². The standard InChI is InChI=1S/C16H24N4O/c1-11(2)9-12-14(16(12,3)4)15(21)20-8-7-19-13-10-17-5-6-18-13/h5-6,9-10,12,14H,7-8H2,1-4H3,(H,18,19)(H,20,21). The molecule has 1 heterocycles. The highest BCUT2D eigenvalue weighted by Crippen LogP contribution is 2.59. The highest BCUT2D eigenvalue weighted by molar-refractivity contribution is 5.83. The third-order valence-corrected chi connectivity index (χ3v) is 4.00. The van der Waals surface area contributed by atoms with Crippen LogP contribution in [0, 0.1) is 17.3 Å². The second kappa shape index (κ2) is 6.24. The maximum absolute atomic E-state index is 12.2. The Bertz CT molecular complexity index is 520. The van der Waals surface area contributed by atoms with Gasteiger partial charge in [0.25, 0.3) is 0 Å². The lowest BCUT2D eigenvalue weighted by molar-refractivity contribution is -0.123. The molecule has 0 radical (unpaired) electrons. The van der Waals surface area contributed by atoms with Crippen molar-refractivity contribution in [3.63, 3.8) is 0 Å². The second-order valence-electron chi connectivity index (χ2n) is 6.38. The van der Waals surface area contributed by atoms with Crippen LogP contribution in [0.25, 0.3) is 0 Å². The smallest absolute Gasteiger partial charge is 0.224 e. The summed E-state index contributed by atoms with van der Waals surface area (Å²) in [5, 5.41) is 6.12.